The fourth-order valence-electron chi connectivity index (χ4n) is 9.69. The fourth-order valence-corrected chi connectivity index (χ4v) is 14.2. The molecule has 0 aliphatic carbocycles. The zero-order valence-electron chi connectivity index (χ0n) is 41.3. The maximum atomic E-state index is 14.7. The minimum Gasteiger partial charge on any atom is -0.462 e. The maximum absolute atomic E-state index is 14.7. The molecular formula is C58H69FN2O8Si. The monoisotopic (exact) mass is 968 g/mol. The summed E-state index contributed by atoms with van der Waals surface area (Å²) in [5, 5.41) is 16.0. The van der Waals surface area contributed by atoms with Crippen molar-refractivity contribution in [2.75, 3.05) is 51.6 Å². The number of carbonyl (C=O) groups is 2. The van der Waals surface area contributed by atoms with Crippen molar-refractivity contribution < 1.29 is 42.5 Å². The molecule has 2 N–H and O–H groups in total. The molecule has 2 atom stereocenters. The van der Waals surface area contributed by atoms with E-state index in [1.165, 1.54) is 22.5 Å². The minimum atomic E-state index is -2.59. The van der Waals surface area contributed by atoms with E-state index >= 15 is 0 Å². The number of anilines is 1. The third-order valence-electron chi connectivity index (χ3n) is 12.8. The molecule has 70 heavy (non-hydrogen) atoms. The maximum Gasteiger partial charge on any atom is 0.308 e. The first-order valence-electron chi connectivity index (χ1n) is 24.7. The largest absolute Gasteiger partial charge is 0.462 e. The van der Waals surface area contributed by atoms with E-state index in [9.17, 15) is 19.1 Å². The van der Waals surface area contributed by atoms with E-state index < -0.39 is 26.5 Å². The summed E-state index contributed by atoms with van der Waals surface area (Å²) in [4.78, 5) is 26.9. The summed E-state index contributed by atoms with van der Waals surface area (Å²) in [6, 6.07) is 45.2. The molecule has 1 aliphatic heterocycles. The van der Waals surface area contributed by atoms with E-state index in [0.29, 0.717) is 76.9 Å². The van der Waals surface area contributed by atoms with Crippen molar-refractivity contribution in [2.45, 2.75) is 96.4 Å². The highest BCUT2D eigenvalue weighted by atomic mass is 28.4. The summed E-state index contributed by atoms with van der Waals surface area (Å²) in [7, 11) is -2.59. The van der Waals surface area contributed by atoms with Crippen LogP contribution in [0.4, 0.5) is 10.1 Å². The normalized spacial score (nSPS) is 15.3. The number of hydrogen-bond acceptors (Lipinski definition) is 8. The summed E-state index contributed by atoms with van der Waals surface area (Å²) in [5.41, 5.74) is 6.21. The number of aliphatic hydroxyl groups excluding tert-OH is 1. The van der Waals surface area contributed by atoms with E-state index in [0.717, 1.165) is 46.5 Å². The fraction of sp³-hybridized carbons (Fsp3) is 0.379. The number of ether oxygens (including phenoxy) is 4. The van der Waals surface area contributed by atoms with Gasteiger partial charge in [-0.3, -0.25) is 9.59 Å². The Labute approximate surface area is 414 Å². The van der Waals surface area contributed by atoms with E-state index in [1.807, 2.05) is 80.6 Å². The average molecular weight is 969 g/mol. The van der Waals surface area contributed by atoms with Crippen LogP contribution in [0, 0.1) is 5.82 Å². The van der Waals surface area contributed by atoms with Gasteiger partial charge in [0.05, 0.1) is 63.4 Å². The number of rotatable bonds is 24. The number of aromatic nitrogens is 1. The Bertz CT molecular complexity index is 2530. The summed E-state index contributed by atoms with van der Waals surface area (Å²) < 4.78 is 46.6. The molecule has 7 rings (SSSR count). The summed E-state index contributed by atoms with van der Waals surface area (Å²) in [6.45, 7) is 14.8. The number of amides is 1. The Kier molecular flexibility index (Phi) is 18.5. The van der Waals surface area contributed by atoms with Gasteiger partial charge in [0.1, 0.15) is 11.9 Å². The first kappa shape index (κ1) is 52.1. The molecule has 5 aromatic carbocycles. The van der Waals surface area contributed by atoms with Gasteiger partial charge in [0.2, 0.25) is 0 Å². The highest BCUT2D eigenvalue weighted by Gasteiger charge is 2.50. The standard InChI is InChI=1S/C58H69FN2O8Si/c1-42(2)55-54(53(44-17-9-6-10-18-44)56(45-25-27-46(59)28-26-45)61(55)32-31-49-40-48(62)41-52(63)69-49)57(64)60-47-29-23-43(24-30-47)16-15-33-65-34-35-66-36-37-67-38-39-68-70(58(3,4)5,50-19-11-7-12-20-50)51-21-13-8-14-22-51/h6-14,17-30,42,48-49,62H,15-16,31-41H2,1-5H3,(H,60,64)/t48-,49-/m1/s1. The second-order valence-electron chi connectivity index (χ2n) is 19.3. The van der Waals surface area contributed by atoms with Gasteiger partial charge in [-0.1, -0.05) is 138 Å². The van der Waals surface area contributed by atoms with Crippen LogP contribution in [0.1, 0.15) is 87.8 Å². The molecule has 0 radical (unpaired) electrons. The molecule has 12 heteroatoms. The Balaban J connectivity index is 0.895. The molecule has 0 spiro atoms. The topological polar surface area (TPSA) is 117 Å². The van der Waals surface area contributed by atoms with E-state index in [2.05, 4.69) is 79.2 Å². The SMILES string of the molecule is CC(C)c1c(C(=O)Nc2ccc(CCCOCCOCCOCCO[Si](c3ccccc3)(c3ccccc3)C(C)(C)C)cc2)c(-c2ccccc2)c(-c2ccc(F)cc2)n1CC[C@@H]1C[C@@H](O)CC(=O)O1. The lowest BCUT2D eigenvalue weighted by Gasteiger charge is -2.43. The smallest absolute Gasteiger partial charge is 0.308 e. The second kappa shape index (κ2) is 24.9. The number of carbonyl (C=O) groups excluding carboxylic acids is 2. The first-order valence-corrected chi connectivity index (χ1v) is 26.6. The first-order chi connectivity index (χ1) is 33.9. The third kappa shape index (κ3) is 13.2. The average Bonchev–Trinajstić information content (AvgIpc) is 3.70. The highest BCUT2D eigenvalue weighted by molar-refractivity contribution is 6.99. The molecule has 1 fully saturated rings. The number of nitrogens with zero attached hydrogens (tertiary/aromatic N) is 1. The molecule has 0 saturated carbocycles. The van der Waals surface area contributed by atoms with Crippen molar-refractivity contribution in [2.24, 2.45) is 0 Å². The van der Waals surface area contributed by atoms with Crippen LogP contribution in [-0.2, 0) is 41.1 Å². The molecule has 2 heterocycles. The van der Waals surface area contributed by atoms with Gasteiger partial charge in [0, 0.05) is 42.9 Å². The van der Waals surface area contributed by atoms with E-state index in [1.54, 1.807) is 12.1 Å². The van der Waals surface area contributed by atoms with E-state index in [4.69, 9.17) is 23.4 Å². The van der Waals surface area contributed by atoms with Crippen molar-refractivity contribution in [3.63, 3.8) is 0 Å². The van der Waals surface area contributed by atoms with Gasteiger partial charge >= 0.3 is 5.97 Å². The van der Waals surface area contributed by atoms with Crippen LogP contribution in [0.3, 0.4) is 0 Å². The molecule has 0 unspecified atom stereocenters. The van der Waals surface area contributed by atoms with Gasteiger partial charge in [0.15, 0.2) is 0 Å². The van der Waals surface area contributed by atoms with Gasteiger partial charge in [0.25, 0.3) is 14.2 Å². The van der Waals surface area contributed by atoms with Crippen LogP contribution in [0.25, 0.3) is 22.4 Å². The van der Waals surface area contributed by atoms with Crippen molar-refractivity contribution in [1.29, 1.82) is 0 Å². The Hall–Kier alpha value is -5.73. The van der Waals surface area contributed by atoms with Crippen molar-refractivity contribution in [1.82, 2.24) is 4.57 Å². The molecule has 1 saturated heterocycles. The minimum absolute atomic E-state index is 0.0195. The van der Waals surface area contributed by atoms with Crippen molar-refractivity contribution >= 4 is 36.3 Å². The number of esters is 1. The number of halogens is 1. The number of hydrogen-bond donors (Lipinski definition) is 2. The van der Waals surface area contributed by atoms with Crippen LogP contribution in [-0.4, -0.2) is 88.3 Å². The van der Waals surface area contributed by atoms with Gasteiger partial charge in [-0.05, 0) is 87.3 Å². The predicted octanol–water partition coefficient (Wildman–Crippen LogP) is 10.4. The van der Waals surface area contributed by atoms with Crippen molar-refractivity contribution in [3.8, 4) is 22.4 Å². The summed E-state index contributed by atoms with van der Waals surface area (Å²) in [5.74, 6) is -1.15. The third-order valence-corrected chi connectivity index (χ3v) is 17.9. The number of nitrogens with one attached hydrogen (secondary N) is 1. The predicted molar refractivity (Wildman–Crippen MR) is 278 cm³/mol. The zero-order chi connectivity index (χ0) is 49.5. The van der Waals surface area contributed by atoms with Crippen LogP contribution in [0.5, 0.6) is 0 Å². The van der Waals surface area contributed by atoms with Crippen LogP contribution in [0.2, 0.25) is 5.04 Å². The van der Waals surface area contributed by atoms with Gasteiger partial charge in [-0.25, -0.2) is 4.39 Å². The number of benzene rings is 5. The zero-order valence-corrected chi connectivity index (χ0v) is 42.3. The summed E-state index contributed by atoms with van der Waals surface area (Å²) >= 11 is 0. The molecule has 1 aliphatic rings. The molecular weight excluding hydrogens is 900 g/mol. The van der Waals surface area contributed by atoms with Gasteiger partial charge in [-0.15, -0.1) is 0 Å². The molecule has 10 nitrogen and oxygen atoms in total. The van der Waals surface area contributed by atoms with Crippen molar-refractivity contribution in [3.05, 3.63) is 162 Å². The molecule has 0 bridgehead atoms. The van der Waals surface area contributed by atoms with Gasteiger partial charge < -0.3 is 38.4 Å². The Morgan fingerprint density at radius 3 is 1.87 bits per heavy atom. The second-order valence-corrected chi connectivity index (χ2v) is 23.6. The van der Waals surface area contributed by atoms with Crippen LogP contribution < -0.4 is 15.7 Å². The lowest BCUT2D eigenvalue weighted by molar-refractivity contribution is -0.160. The molecule has 370 valence electrons. The molecule has 1 aromatic heterocycles. The number of aliphatic hydroxyl groups is 1. The highest BCUT2D eigenvalue weighted by Crippen LogP contribution is 2.43. The van der Waals surface area contributed by atoms with E-state index in [-0.39, 0.29) is 29.1 Å². The molecule has 6 aromatic rings. The Morgan fingerprint density at radius 2 is 1.31 bits per heavy atom. The number of cyclic esters (lactones) is 1. The lowest BCUT2D eigenvalue weighted by Crippen LogP contribution is -2.66. The van der Waals surface area contributed by atoms with Crippen LogP contribution in [0.15, 0.2) is 140 Å². The number of aryl methyl sites for hydroxylation is 1. The summed E-state index contributed by atoms with van der Waals surface area (Å²) in [6.07, 6.45) is 1.15. The molecule has 1 amide bonds. The van der Waals surface area contributed by atoms with Gasteiger partial charge in [-0.2, -0.15) is 0 Å². The quantitative estimate of drug-likeness (QED) is 0.0350. The van der Waals surface area contributed by atoms with Crippen LogP contribution >= 0.6 is 0 Å². The lowest BCUT2D eigenvalue weighted by atomic mass is 9.94. The Morgan fingerprint density at radius 1 is 0.757 bits per heavy atom.